The van der Waals surface area contributed by atoms with Crippen molar-refractivity contribution in [1.82, 2.24) is 0 Å². The van der Waals surface area contributed by atoms with Crippen molar-refractivity contribution in [3.8, 4) is 0 Å². The van der Waals surface area contributed by atoms with Gasteiger partial charge in [0.05, 0.1) is 26.2 Å². The molecule has 2 N–H and O–H groups in total. The van der Waals surface area contributed by atoms with Crippen molar-refractivity contribution in [2.24, 2.45) is 0 Å². The molecule has 0 aliphatic carbocycles. The van der Waals surface area contributed by atoms with Gasteiger partial charge < -0.3 is 24.2 Å². The second-order valence-electron chi connectivity index (χ2n) is 17.3. The van der Waals surface area contributed by atoms with Gasteiger partial charge in [0.1, 0.15) is 12.7 Å². The van der Waals surface area contributed by atoms with Gasteiger partial charge in [-0.1, -0.05) is 202 Å². The summed E-state index contributed by atoms with van der Waals surface area (Å²) in [5.74, 6) is -1.64. The maximum absolute atomic E-state index is 12.8. The Morgan fingerprint density at radius 2 is 0.824 bits per heavy atom. The van der Waals surface area contributed by atoms with Crippen molar-refractivity contribution >= 4 is 25.7 Å². The first kappa shape index (κ1) is 64.7. The second-order valence-corrected chi connectivity index (χ2v) is 18.8. The number of allylic oxidation sites excluding steroid dienone is 13. The fourth-order valence-electron chi connectivity index (χ4n) is 6.81. The van der Waals surface area contributed by atoms with E-state index in [9.17, 15) is 28.9 Å². The van der Waals surface area contributed by atoms with Crippen molar-refractivity contribution in [3.05, 3.63) is 85.1 Å². The summed E-state index contributed by atoms with van der Waals surface area (Å²) < 4.78 is 39.2. The molecule has 0 aromatic carbocycles. The van der Waals surface area contributed by atoms with Crippen LogP contribution in [0.4, 0.5) is 0 Å². The second kappa shape index (κ2) is 50.1. The molecule has 11 nitrogen and oxygen atoms in total. The maximum Gasteiger partial charge on any atom is 0.472 e. The number of phosphoric ester groups is 1. The number of carbonyl (C=O) groups excluding carboxylic acids is 3. The van der Waals surface area contributed by atoms with Crippen LogP contribution in [0.15, 0.2) is 85.1 Å². The smallest absolute Gasteiger partial charge is 0.462 e. The quantitative estimate of drug-likeness (QED) is 0.0197. The number of ether oxygens (including phenoxy) is 3. The van der Waals surface area contributed by atoms with Gasteiger partial charge in [0.25, 0.3) is 0 Å². The summed E-state index contributed by atoms with van der Waals surface area (Å²) in [5, 5.41) is 9.78. The number of unbranched alkanes of at least 4 members (excludes halogenated alkanes) is 18. The normalized spacial score (nSPS) is 14.1. The van der Waals surface area contributed by atoms with E-state index in [1.807, 2.05) is 18.2 Å². The highest BCUT2D eigenvalue weighted by molar-refractivity contribution is 7.47. The topological polar surface area (TPSA) is 155 Å². The van der Waals surface area contributed by atoms with E-state index >= 15 is 0 Å². The molecule has 0 saturated carbocycles. The molecule has 0 radical (unpaired) electrons. The van der Waals surface area contributed by atoms with Crippen LogP contribution in [0.2, 0.25) is 0 Å². The molecular weight excluding hydrogens is 880 g/mol. The lowest BCUT2D eigenvalue weighted by Gasteiger charge is -2.21. The summed E-state index contributed by atoms with van der Waals surface area (Å²) in [6.45, 7) is 4.35. The molecular formula is C56H95O11P. The first-order valence-corrected chi connectivity index (χ1v) is 28.0. The van der Waals surface area contributed by atoms with Gasteiger partial charge in [-0.3, -0.25) is 23.4 Å². The molecule has 0 heterocycles. The van der Waals surface area contributed by atoms with Gasteiger partial charge in [-0.15, -0.1) is 0 Å². The summed E-state index contributed by atoms with van der Waals surface area (Å²) in [7, 11) is -4.77. The van der Waals surface area contributed by atoms with Crippen LogP contribution in [-0.4, -0.2) is 66.5 Å². The summed E-state index contributed by atoms with van der Waals surface area (Å²) >= 11 is 0. The van der Waals surface area contributed by atoms with E-state index in [1.165, 1.54) is 64.2 Å². The average Bonchev–Trinajstić information content (AvgIpc) is 3.32. The molecule has 0 saturated heterocycles. The van der Waals surface area contributed by atoms with Gasteiger partial charge in [-0.25, -0.2) is 4.57 Å². The lowest BCUT2D eigenvalue weighted by molar-refractivity contribution is -0.160. The van der Waals surface area contributed by atoms with Crippen LogP contribution in [0.5, 0.6) is 0 Å². The number of hydrogen-bond acceptors (Lipinski definition) is 10. The van der Waals surface area contributed by atoms with Gasteiger partial charge in [0.2, 0.25) is 0 Å². The zero-order valence-electron chi connectivity index (χ0n) is 42.8. The first-order chi connectivity index (χ1) is 33.2. The number of aliphatic hydroxyl groups is 1. The minimum Gasteiger partial charge on any atom is -0.462 e. The molecule has 0 bridgehead atoms. The van der Waals surface area contributed by atoms with Gasteiger partial charge in [0.15, 0.2) is 6.10 Å². The number of rotatable bonds is 48. The first-order valence-electron chi connectivity index (χ1n) is 26.5. The van der Waals surface area contributed by atoms with Crippen molar-refractivity contribution < 1.29 is 52.2 Å². The SMILES string of the molecule is CC/C=C\C/C=C\C/C=C\C/C=C\C/C=C\CC(=O)OC(COC(=O)CCCCCCCCCCCCC)COP(=O)(O)OCC(CO)OC(=O)CCCCCCC/C=C\C/C=C\CCCCC. The molecule has 0 spiro atoms. The van der Waals surface area contributed by atoms with E-state index in [0.29, 0.717) is 19.3 Å². The molecule has 0 aromatic rings. The third-order valence-electron chi connectivity index (χ3n) is 10.8. The van der Waals surface area contributed by atoms with Gasteiger partial charge in [-0.05, 0) is 77.0 Å². The lowest BCUT2D eigenvalue weighted by Crippen LogP contribution is -2.30. The van der Waals surface area contributed by atoms with E-state index in [4.69, 9.17) is 23.3 Å². The van der Waals surface area contributed by atoms with E-state index < -0.39 is 57.8 Å². The molecule has 3 atom stereocenters. The molecule has 0 fully saturated rings. The van der Waals surface area contributed by atoms with Crippen molar-refractivity contribution in [3.63, 3.8) is 0 Å². The van der Waals surface area contributed by atoms with E-state index in [-0.39, 0.29) is 25.9 Å². The number of hydrogen-bond donors (Lipinski definition) is 2. The fourth-order valence-corrected chi connectivity index (χ4v) is 7.60. The summed E-state index contributed by atoms with van der Waals surface area (Å²) in [6, 6.07) is 0. The Labute approximate surface area is 413 Å². The van der Waals surface area contributed by atoms with Crippen LogP contribution >= 0.6 is 7.82 Å². The number of carbonyl (C=O) groups is 3. The Morgan fingerprint density at radius 3 is 1.32 bits per heavy atom. The highest BCUT2D eigenvalue weighted by atomic mass is 31.2. The minimum atomic E-state index is -4.77. The Bertz CT molecular complexity index is 1460. The van der Waals surface area contributed by atoms with Crippen LogP contribution in [0.25, 0.3) is 0 Å². The third-order valence-corrected chi connectivity index (χ3v) is 11.8. The molecule has 0 aromatic heterocycles. The van der Waals surface area contributed by atoms with Gasteiger partial charge in [0, 0.05) is 12.8 Å². The summed E-state index contributed by atoms with van der Waals surface area (Å²) in [6.07, 6.45) is 55.8. The molecule has 3 unspecified atom stereocenters. The van der Waals surface area contributed by atoms with E-state index in [0.717, 1.165) is 89.9 Å². The highest BCUT2D eigenvalue weighted by Gasteiger charge is 2.28. The van der Waals surface area contributed by atoms with E-state index in [2.05, 4.69) is 81.5 Å². The number of esters is 3. The van der Waals surface area contributed by atoms with Crippen molar-refractivity contribution in [2.45, 2.75) is 226 Å². The van der Waals surface area contributed by atoms with Gasteiger partial charge in [-0.2, -0.15) is 0 Å². The summed E-state index contributed by atoms with van der Waals surface area (Å²) in [4.78, 5) is 48.2. The zero-order chi connectivity index (χ0) is 49.9. The predicted molar refractivity (Wildman–Crippen MR) is 279 cm³/mol. The summed E-state index contributed by atoms with van der Waals surface area (Å²) in [5.41, 5.74) is 0. The molecule has 0 aliphatic rings. The van der Waals surface area contributed by atoms with Crippen molar-refractivity contribution in [1.29, 1.82) is 0 Å². The van der Waals surface area contributed by atoms with Crippen LogP contribution < -0.4 is 0 Å². The minimum absolute atomic E-state index is 0.0668. The maximum atomic E-state index is 12.8. The molecule has 0 amide bonds. The lowest BCUT2D eigenvalue weighted by atomic mass is 10.1. The average molecular weight is 975 g/mol. The van der Waals surface area contributed by atoms with Crippen LogP contribution in [0.3, 0.4) is 0 Å². The molecule has 68 heavy (non-hydrogen) atoms. The number of phosphoric acid groups is 1. The largest absolute Gasteiger partial charge is 0.472 e. The molecule has 0 aliphatic heterocycles. The fraction of sp³-hybridized carbons (Fsp3) is 0.696. The monoisotopic (exact) mass is 975 g/mol. The van der Waals surface area contributed by atoms with Crippen LogP contribution in [-0.2, 0) is 42.2 Å². The Hall–Kier alpha value is -3.34. The highest BCUT2D eigenvalue weighted by Crippen LogP contribution is 2.43. The number of aliphatic hydroxyl groups excluding tert-OH is 1. The van der Waals surface area contributed by atoms with Gasteiger partial charge >= 0.3 is 25.7 Å². The Kier molecular flexibility index (Phi) is 47.6. The van der Waals surface area contributed by atoms with Crippen LogP contribution in [0.1, 0.15) is 213 Å². The van der Waals surface area contributed by atoms with Crippen molar-refractivity contribution in [2.75, 3.05) is 26.4 Å². The Morgan fingerprint density at radius 1 is 0.441 bits per heavy atom. The third kappa shape index (κ3) is 47.7. The molecule has 0 rings (SSSR count). The Balaban J connectivity index is 4.83. The van der Waals surface area contributed by atoms with E-state index in [1.54, 1.807) is 6.08 Å². The predicted octanol–water partition coefficient (Wildman–Crippen LogP) is 15.1. The molecule has 390 valence electrons. The van der Waals surface area contributed by atoms with Crippen LogP contribution in [0, 0.1) is 0 Å². The molecule has 12 heteroatoms. The standard InChI is InChI=1S/C56H95O11P/c1-4-7-10-13-16-19-22-24-26-28-31-34-37-40-43-46-55(59)66-52(48-57)50-64-68(61,62)65-51-53(49-63-54(58)45-42-39-36-33-30-21-18-15-12-9-6-3)67-56(60)47-44-41-38-35-32-29-27-25-23-20-17-14-11-8-5-2/h8,11,16-17,19-20,24-27,32,35,41,44,52-53,57H,4-7,9-10,12-15,18,21-23,28-31,33-34,36-40,42-43,45-51H2,1-3H3,(H,61,62)/b11-8-,19-16-,20-17-,26-24-,27-25-,35-32-,44-41-. The zero-order valence-corrected chi connectivity index (χ0v) is 43.7.